The summed E-state index contributed by atoms with van der Waals surface area (Å²) in [7, 11) is -7.46. The Labute approximate surface area is 270 Å². The van der Waals surface area contributed by atoms with Crippen molar-refractivity contribution in [1.82, 2.24) is 9.80 Å². The molecule has 0 spiro atoms. The number of rotatable bonds is 10. The molecular formula is C34H36N4O6S2. The second-order valence-electron chi connectivity index (χ2n) is 11.1. The van der Waals surface area contributed by atoms with Gasteiger partial charge in [0.2, 0.25) is 20.0 Å². The van der Waals surface area contributed by atoms with Gasteiger partial charge in [0.1, 0.15) is 0 Å². The first-order valence-corrected chi connectivity index (χ1v) is 18.4. The Morgan fingerprint density at radius 1 is 0.522 bits per heavy atom. The molecule has 0 atom stereocenters. The molecule has 1 aliphatic rings. The van der Waals surface area contributed by atoms with Gasteiger partial charge >= 0.3 is 0 Å². The highest BCUT2D eigenvalue weighted by Crippen LogP contribution is 2.29. The van der Waals surface area contributed by atoms with E-state index in [9.17, 15) is 26.4 Å². The lowest BCUT2D eigenvalue weighted by Gasteiger charge is -2.36. The molecule has 46 heavy (non-hydrogen) atoms. The summed E-state index contributed by atoms with van der Waals surface area (Å²) in [6, 6.07) is 31.6. The molecule has 1 heterocycles. The fraction of sp³-hybridized carbons (Fsp3) is 0.235. The van der Waals surface area contributed by atoms with E-state index in [1.165, 1.54) is 8.61 Å². The van der Waals surface area contributed by atoms with Crippen molar-refractivity contribution in [3.63, 3.8) is 0 Å². The lowest BCUT2D eigenvalue weighted by molar-refractivity contribution is 0.0536. The summed E-state index contributed by atoms with van der Waals surface area (Å²) in [6.45, 7) is 1.02. The van der Waals surface area contributed by atoms with E-state index in [1.807, 2.05) is 60.7 Å². The molecule has 4 aromatic carbocycles. The van der Waals surface area contributed by atoms with Gasteiger partial charge in [-0.15, -0.1) is 0 Å². The van der Waals surface area contributed by atoms with Crippen LogP contribution in [0.5, 0.6) is 0 Å². The first-order valence-electron chi connectivity index (χ1n) is 14.7. The minimum absolute atomic E-state index is 0.0699. The third kappa shape index (κ3) is 7.57. The van der Waals surface area contributed by atoms with Crippen molar-refractivity contribution < 1.29 is 26.4 Å². The Kier molecular flexibility index (Phi) is 9.78. The van der Waals surface area contributed by atoms with Gasteiger partial charge in [-0.2, -0.15) is 0 Å². The van der Waals surface area contributed by atoms with Gasteiger partial charge in [0, 0.05) is 26.2 Å². The van der Waals surface area contributed by atoms with Crippen molar-refractivity contribution in [1.29, 1.82) is 0 Å². The summed E-state index contributed by atoms with van der Waals surface area (Å²) in [4.78, 5) is 30.8. The molecule has 0 saturated carbocycles. The molecule has 4 aromatic rings. The monoisotopic (exact) mass is 660 g/mol. The molecular weight excluding hydrogens is 625 g/mol. The van der Waals surface area contributed by atoms with E-state index in [0.29, 0.717) is 0 Å². The van der Waals surface area contributed by atoms with Crippen molar-refractivity contribution in [3.8, 4) is 0 Å². The van der Waals surface area contributed by atoms with Crippen LogP contribution in [0.2, 0.25) is 0 Å². The molecule has 10 nitrogen and oxygen atoms in total. The minimum atomic E-state index is -3.73. The molecule has 0 aliphatic carbocycles. The summed E-state index contributed by atoms with van der Waals surface area (Å²) in [6.07, 6.45) is 2.23. The maximum atomic E-state index is 13.8. The minimum Gasteiger partial charge on any atom is -0.335 e. The van der Waals surface area contributed by atoms with Gasteiger partial charge in [-0.25, -0.2) is 16.8 Å². The number of piperazine rings is 1. The van der Waals surface area contributed by atoms with Crippen LogP contribution in [0.25, 0.3) is 0 Å². The maximum Gasteiger partial charge on any atom is 0.256 e. The second kappa shape index (κ2) is 13.8. The predicted molar refractivity (Wildman–Crippen MR) is 180 cm³/mol. The van der Waals surface area contributed by atoms with Gasteiger partial charge in [-0.3, -0.25) is 18.2 Å². The SMILES string of the molecule is CS(=O)(=O)N(Cc1ccccc1)c1ccccc1C(=O)N1CCN(C(=O)c2ccccc2N(Cc2ccccc2)S(C)(=O)=O)CC1. The summed E-state index contributed by atoms with van der Waals surface area (Å²) < 4.78 is 54.0. The van der Waals surface area contributed by atoms with Crippen molar-refractivity contribution in [2.45, 2.75) is 13.1 Å². The molecule has 0 aromatic heterocycles. The van der Waals surface area contributed by atoms with E-state index in [0.717, 1.165) is 23.6 Å². The Morgan fingerprint density at radius 2 is 0.826 bits per heavy atom. The summed E-state index contributed by atoms with van der Waals surface area (Å²) >= 11 is 0. The van der Waals surface area contributed by atoms with E-state index < -0.39 is 20.0 Å². The zero-order valence-electron chi connectivity index (χ0n) is 25.7. The highest BCUT2D eigenvalue weighted by Gasteiger charge is 2.31. The van der Waals surface area contributed by atoms with Crippen LogP contribution in [0.15, 0.2) is 109 Å². The molecule has 0 radical (unpaired) electrons. The number of nitrogens with zero attached hydrogens (tertiary/aromatic N) is 4. The summed E-state index contributed by atoms with van der Waals surface area (Å²) in [5.41, 5.74) is 2.62. The smallest absolute Gasteiger partial charge is 0.256 e. The van der Waals surface area contributed by atoms with Crippen LogP contribution in [0.1, 0.15) is 31.8 Å². The normalized spacial score (nSPS) is 13.7. The molecule has 0 N–H and O–H groups in total. The van der Waals surface area contributed by atoms with Gasteiger partial charge in [-0.1, -0.05) is 84.9 Å². The standard InChI is InChI=1S/C34H36N4O6S2/c1-45(41,42)37(25-27-13-5-3-6-14-27)31-19-11-9-17-29(31)33(39)35-21-23-36(24-22-35)34(40)30-18-10-12-20-32(30)38(46(2,43)44)26-28-15-7-4-8-16-28/h3-20H,21-26H2,1-2H3. The Balaban J connectivity index is 1.34. The highest BCUT2D eigenvalue weighted by molar-refractivity contribution is 7.92. The van der Waals surface area contributed by atoms with E-state index in [4.69, 9.17) is 0 Å². The largest absolute Gasteiger partial charge is 0.335 e. The van der Waals surface area contributed by atoms with Crippen molar-refractivity contribution in [3.05, 3.63) is 131 Å². The third-order valence-electron chi connectivity index (χ3n) is 7.80. The summed E-state index contributed by atoms with van der Waals surface area (Å²) in [5, 5.41) is 0. The zero-order chi connectivity index (χ0) is 32.9. The van der Waals surface area contributed by atoms with Gasteiger partial charge < -0.3 is 9.80 Å². The van der Waals surface area contributed by atoms with Crippen LogP contribution >= 0.6 is 0 Å². The number of para-hydroxylation sites is 2. The molecule has 12 heteroatoms. The van der Waals surface area contributed by atoms with E-state index >= 15 is 0 Å². The molecule has 1 saturated heterocycles. The highest BCUT2D eigenvalue weighted by atomic mass is 32.2. The third-order valence-corrected chi connectivity index (χ3v) is 10.1. The molecule has 1 fully saturated rings. The quantitative estimate of drug-likeness (QED) is 0.252. The number of amides is 2. The van der Waals surface area contributed by atoms with E-state index in [-0.39, 0.29) is 73.6 Å². The number of hydrogen-bond donors (Lipinski definition) is 0. The van der Waals surface area contributed by atoms with Crippen molar-refractivity contribution in [2.75, 3.05) is 47.3 Å². The number of benzene rings is 4. The Hall–Kier alpha value is -4.68. The van der Waals surface area contributed by atoms with E-state index in [2.05, 4.69) is 0 Å². The molecule has 240 valence electrons. The van der Waals surface area contributed by atoms with Crippen molar-refractivity contribution >= 4 is 43.2 Å². The lowest BCUT2D eigenvalue weighted by atomic mass is 10.1. The van der Waals surface area contributed by atoms with Crippen LogP contribution < -0.4 is 8.61 Å². The molecule has 1 aliphatic heterocycles. The fourth-order valence-corrected chi connectivity index (χ4v) is 7.26. The molecule has 0 unspecified atom stereocenters. The van der Waals surface area contributed by atoms with Gasteiger partial charge in [0.05, 0.1) is 48.1 Å². The van der Waals surface area contributed by atoms with Crippen LogP contribution in [0.3, 0.4) is 0 Å². The predicted octanol–water partition coefficient (Wildman–Crippen LogP) is 4.22. The number of hydrogen-bond acceptors (Lipinski definition) is 6. The number of carbonyl (C=O) groups excluding carboxylic acids is 2. The van der Waals surface area contributed by atoms with Gasteiger partial charge in [-0.05, 0) is 35.4 Å². The second-order valence-corrected chi connectivity index (χ2v) is 14.9. The average Bonchev–Trinajstić information content (AvgIpc) is 3.05. The fourth-order valence-electron chi connectivity index (χ4n) is 5.46. The van der Waals surface area contributed by atoms with Crippen LogP contribution in [0, 0.1) is 0 Å². The van der Waals surface area contributed by atoms with Gasteiger partial charge in [0.25, 0.3) is 11.8 Å². The molecule has 0 bridgehead atoms. The number of anilines is 2. The van der Waals surface area contributed by atoms with Crippen molar-refractivity contribution in [2.24, 2.45) is 0 Å². The zero-order valence-corrected chi connectivity index (χ0v) is 27.3. The topological polar surface area (TPSA) is 115 Å². The molecule has 2 amide bonds. The van der Waals surface area contributed by atoms with Gasteiger partial charge in [0.15, 0.2) is 0 Å². The van der Waals surface area contributed by atoms with Crippen LogP contribution in [-0.4, -0.2) is 77.1 Å². The first-order chi connectivity index (χ1) is 21.9. The first kappa shape index (κ1) is 32.7. The van der Waals surface area contributed by atoms with Crippen LogP contribution in [0.4, 0.5) is 11.4 Å². The Morgan fingerprint density at radius 3 is 1.15 bits per heavy atom. The number of sulfonamides is 2. The maximum absolute atomic E-state index is 13.8. The molecule has 5 rings (SSSR count). The van der Waals surface area contributed by atoms with E-state index in [1.54, 1.807) is 58.3 Å². The summed E-state index contributed by atoms with van der Waals surface area (Å²) in [5.74, 6) is -0.674. The van der Waals surface area contributed by atoms with Crippen LogP contribution in [-0.2, 0) is 33.1 Å². The lowest BCUT2D eigenvalue weighted by Crippen LogP contribution is -2.51. The average molecular weight is 661 g/mol. The number of carbonyl (C=O) groups is 2. The Bertz CT molecular complexity index is 1770.